The van der Waals surface area contributed by atoms with E-state index in [-0.39, 0.29) is 21.7 Å². The molecule has 0 radical (unpaired) electrons. The van der Waals surface area contributed by atoms with Gasteiger partial charge >= 0.3 is 11.9 Å². The molecule has 0 aliphatic carbocycles. The Morgan fingerprint density at radius 3 is 2.12 bits per heavy atom. The number of H-pyrrole nitrogens is 1. The second kappa shape index (κ2) is 9.92. The molecule has 0 atom stereocenters. The van der Waals surface area contributed by atoms with Gasteiger partial charge in [-0.15, -0.1) is 0 Å². The van der Waals surface area contributed by atoms with Crippen molar-refractivity contribution in [2.75, 3.05) is 18.4 Å². The molecular weight excluding hydrogens is 460 g/mol. The van der Waals surface area contributed by atoms with Crippen molar-refractivity contribution in [3.05, 3.63) is 82.2 Å². The van der Waals surface area contributed by atoms with Gasteiger partial charge in [0.2, 0.25) is 5.78 Å². The number of sulfonamides is 1. The van der Waals surface area contributed by atoms with Gasteiger partial charge < -0.3 is 14.5 Å². The van der Waals surface area contributed by atoms with Gasteiger partial charge in [0.05, 0.1) is 28.8 Å². The predicted octanol–water partition coefficient (Wildman–Crippen LogP) is 3.57. The van der Waals surface area contributed by atoms with Crippen molar-refractivity contribution in [2.45, 2.75) is 25.7 Å². The summed E-state index contributed by atoms with van der Waals surface area (Å²) in [5.74, 6) is -1.89. The fraction of sp³-hybridized carbons (Fsp3) is 0.208. The molecule has 0 aliphatic rings. The van der Waals surface area contributed by atoms with E-state index in [1.165, 1.54) is 31.4 Å². The Morgan fingerprint density at radius 2 is 1.53 bits per heavy atom. The van der Waals surface area contributed by atoms with Crippen LogP contribution < -0.4 is 4.72 Å². The summed E-state index contributed by atoms with van der Waals surface area (Å²) in [5.41, 5.74) is 2.77. The average molecular weight is 485 g/mol. The van der Waals surface area contributed by atoms with E-state index in [0.717, 1.165) is 5.56 Å². The Hall–Kier alpha value is -3.92. The summed E-state index contributed by atoms with van der Waals surface area (Å²) in [4.78, 5) is 39.5. The van der Waals surface area contributed by atoms with Gasteiger partial charge in [-0.2, -0.15) is 0 Å². The van der Waals surface area contributed by atoms with E-state index in [9.17, 15) is 22.8 Å². The molecule has 0 unspecified atom stereocenters. The minimum atomic E-state index is -3.84. The number of esters is 2. The summed E-state index contributed by atoms with van der Waals surface area (Å²) < 4.78 is 37.4. The van der Waals surface area contributed by atoms with Gasteiger partial charge in [-0.05, 0) is 62.7 Å². The zero-order valence-electron chi connectivity index (χ0n) is 19.1. The fourth-order valence-corrected chi connectivity index (χ4v) is 4.39. The first-order valence-corrected chi connectivity index (χ1v) is 11.7. The highest BCUT2D eigenvalue weighted by molar-refractivity contribution is 7.92. The quantitative estimate of drug-likeness (QED) is 0.369. The van der Waals surface area contributed by atoms with Gasteiger partial charge in [0.1, 0.15) is 0 Å². The third-order valence-electron chi connectivity index (χ3n) is 5.14. The van der Waals surface area contributed by atoms with Gasteiger partial charge in [-0.1, -0.05) is 17.7 Å². The van der Waals surface area contributed by atoms with Crippen LogP contribution in [0.1, 0.15) is 48.0 Å². The van der Waals surface area contributed by atoms with Crippen LogP contribution in [0.4, 0.5) is 5.69 Å². The molecule has 178 valence electrons. The lowest BCUT2D eigenvalue weighted by Gasteiger charge is -2.09. The molecule has 34 heavy (non-hydrogen) atoms. The molecule has 9 nitrogen and oxygen atoms in total. The first kappa shape index (κ1) is 24.7. The number of anilines is 1. The van der Waals surface area contributed by atoms with E-state index < -0.39 is 34.4 Å². The van der Waals surface area contributed by atoms with Crippen LogP contribution in [-0.2, 0) is 19.5 Å². The third kappa shape index (κ3) is 5.34. The maximum absolute atomic E-state index is 12.6. The molecule has 0 aliphatic heterocycles. The maximum Gasteiger partial charge on any atom is 0.339 e. The van der Waals surface area contributed by atoms with Crippen LogP contribution in [0.3, 0.4) is 0 Å². The molecule has 3 aromatic rings. The van der Waals surface area contributed by atoms with Crippen LogP contribution >= 0.6 is 0 Å². The number of hydrogen-bond acceptors (Lipinski definition) is 7. The van der Waals surface area contributed by atoms with E-state index in [2.05, 4.69) is 9.71 Å². The second-order valence-corrected chi connectivity index (χ2v) is 9.29. The number of methoxy groups -OCH3 is 1. The smallest absolute Gasteiger partial charge is 0.339 e. The van der Waals surface area contributed by atoms with E-state index >= 15 is 0 Å². The lowest BCUT2D eigenvalue weighted by molar-refractivity contribution is 0.0473. The number of ketones is 1. The van der Waals surface area contributed by atoms with Crippen molar-refractivity contribution in [3.63, 3.8) is 0 Å². The van der Waals surface area contributed by atoms with Crippen LogP contribution in [0.5, 0.6) is 0 Å². The van der Waals surface area contributed by atoms with Crippen molar-refractivity contribution in [2.24, 2.45) is 0 Å². The first-order chi connectivity index (χ1) is 16.0. The number of carbonyl (C=O) groups is 3. The summed E-state index contributed by atoms with van der Waals surface area (Å²) in [6.45, 7) is 4.55. The Morgan fingerprint density at radius 1 is 0.912 bits per heavy atom. The highest BCUT2D eigenvalue weighted by Gasteiger charge is 2.23. The normalized spacial score (nSPS) is 11.1. The molecule has 0 saturated carbocycles. The highest BCUT2D eigenvalue weighted by atomic mass is 32.2. The number of aromatic amines is 1. The van der Waals surface area contributed by atoms with Gasteiger partial charge in [0.25, 0.3) is 10.0 Å². The Balaban J connectivity index is 1.65. The first-order valence-electron chi connectivity index (χ1n) is 10.2. The minimum absolute atomic E-state index is 0.0338. The zero-order valence-corrected chi connectivity index (χ0v) is 19.9. The van der Waals surface area contributed by atoms with Crippen LogP contribution in [-0.4, -0.2) is 44.8 Å². The van der Waals surface area contributed by atoms with Crippen LogP contribution in [0.15, 0.2) is 53.4 Å². The van der Waals surface area contributed by atoms with Crippen molar-refractivity contribution in [1.29, 1.82) is 0 Å². The van der Waals surface area contributed by atoms with Crippen LogP contribution in [0.2, 0.25) is 0 Å². The molecule has 0 amide bonds. The Bertz CT molecular complexity index is 1340. The lowest BCUT2D eigenvalue weighted by atomic mass is 10.1. The Kier molecular flexibility index (Phi) is 7.21. The zero-order chi connectivity index (χ0) is 25.0. The molecule has 3 rings (SSSR count). The van der Waals surface area contributed by atoms with Crippen LogP contribution in [0.25, 0.3) is 0 Å². The molecule has 1 heterocycles. The number of benzene rings is 2. The molecule has 2 N–H and O–H groups in total. The molecule has 0 bridgehead atoms. The van der Waals surface area contributed by atoms with Gasteiger partial charge in [0, 0.05) is 11.4 Å². The number of aromatic nitrogens is 1. The number of ether oxygens (including phenoxy) is 2. The van der Waals surface area contributed by atoms with Crippen molar-refractivity contribution in [3.8, 4) is 0 Å². The lowest BCUT2D eigenvalue weighted by Crippen LogP contribution is -2.16. The largest absolute Gasteiger partial charge is 0.465 e. The second-order valence-electron chi connectivity index (χ2n) is 7.61. The summed E-state index contributed by atoms with van der Waals surface area (Å²) in [6.07, 6.45) is 0. The highest BCUT2D eigenvalue weighted by Crippen LogP contribution is 2.20. The fourth-order valence-electron chi connectivity index (χ4n) is 3.33. The maximum atomic E-state index is 12.6. The number of carbonyl (C=O) groups excluding carboxylic acids is 3. The molecular formula is C24H24N2O7S. The van der Waals surface area contributed by atoms with Gasteiger partial charge in [-0.3, -0.25) is 9.52 Å². The number of Topliss-reactive ketones (excluding diaryl/α,β-unsaturated/α-hetero) is 1. The molecule has 0 spiro atoms. The monoisotopic (exact) mass is 484 g/mol. The topological polar surface area (TPSA) is 132 Å². The number of nitrogens with one attached hydrogen (secondary N) is 2. The summed E-state index contributed by atoms with van der Waals surface area (Å²) in [5, 5.41) is 0. The van der Waals surface area contributed by atoms with Crippen molar-refractivity contribution < 1.29 is 32.3 Å². The number of rotatable bonds is 8. The number of hydrogen-bond donors (Lipinski definition) is 2. The van der Waals surface area contributed by atoms with Crippen molar-refractivity contribution in [1.82, 2.24) is 4.98 Å². The van der Waals surface area contributed by atoms with Crippen molar-refractivity contribution >= 4 is 33.4 Å². The van der Waals surface area contributed by atoms with Gasteiger partial charge in [0.15, 0.2) is 6.61 Å². The average Bonchev–Trinajstić information content (AvgIpc) is 3.12. The third-order valence-corrected chi connectivity index (χ3v) is 6.54. The van der Waals surface area contributed by atoms with E-state index in [4.69, 9.17) is 9.47 Å². The summed E-state index contributed by atoms with van der Waals surface area (Å²) in [6, 6.07) is 12.0. The summed E-state index contributed by atoms with van der Waals surface area (Å²) >= 11 is 0. The van der Waals surface area contributed by atoms with E-state index in [1.54, 1.807) is 38.1 Å². The van der Waals surface area contributed by atoms with Crippen LogP contribution in [0, 0.1) is 20.8 Å². The van der Waals surface area contributed by atoms with Gasteiger partial charge in [-0.25, -0.2) is 18.0 Å². The summed E-state index contributed by atoms with van der Waals surface area (Å²) in [7, 11) is -2.60. The Labute approximate surface area is 197 Å². The molecule has 0 fully saturated rings. The molecule has 10 heteroatoms. The molecule has 2 aromatic carbocycles. The van der Waals surface area contributed by atoms with E-state index in [0.29, 0.717) is 16.9 Å². The molecule has 0 saturated heterocycles. The SMILES string of the molecule is COC(=O)c1c(C)[nH]c(C(=O)COC(=O)c2ccc(S(=O)(=O)Nc3ccc(C)cc3)cc2)c1C. The number of aryl methyl sites for hydroxylation is 2. The minimum Gasteiger partial charge on any atom is -0.465 e. The standard InChI is InChI=1S/C24H24N2O7S/c1-14-5-9-18(10-6-14)26-34(30,31)19-11-7-17(8-12-19)23(28)33-13-20(27)22-15(2)21(16(3)25-22)24(29)32-4/h5-12,25-26H,13H2,1-4H3. The predicted molar refractivity (Wildman–Crippen MR) is 125 cm³/mol. The molecule has 1 aromatic heterocycles. The van der Waals surface area contributed by atoms with E-state index in [1.807, 2.05) is 6.92 Å².